The Balaban J connectivity index is 1.64. The lowest BCUT2D eigenvalue weighted by molar-refractivity contribution is -0.118. The number of carbonyl (C=O) groups excluding carboxylic acids is 1. The number of nitrogens with one attached hydrogen (secondary N) is 1. The number of aryl methyl sites for hydroxylation is 2. The highest BCUT2D eigenvalue weighted by molar-refractivity contribution is 5.93. The molecule has 4 rings (SSSR count). The van der Waals surface area contributed by atoms with Gasteiger partial charge in [-0.2, -0.15) is 0 Å². The van der Waals surface area contributed by atoms with E-state index in [9.17, 15) is 9.59 Å². The summed E-state index contributed by atoms with van der Waals surface area (Å²) in [5.74, 6) is 0.341. The van der Waals surface area contributed by atoms with Gasteiger partial charge in [-0.25, -0.2) is 9.97 Å². The fourth-order valence-corrected chi connectivity index (χ4v) is 3.54. The molecule has 0 unspecified atom stereocenters. The maximum absolute atomic E-state index is 13.0. The minimum Gasteiger partial charge on any atom is -0.497 e. The van der Waals surface area contributed by atoms with E-state index in [4.69, 9.17) is 4.74 Å². The first-order chi connectivity index (χ1) is 13.6. The number of aromatic nitrogens is 3. The van der Waals surface area contributed by atoms with Gasteiger partial charge in [-0.05, 0) is 56.4 Å². The summed E-state index contributed by atoms with van der Waals surface area (Å²) in [6.45, 7) is 1.68. The van der Waals surface area contributed by atoms with Gasteiger partial charge in [-0.15, -0.1) is 0 Å². The summed E-state index contributed by atoms with van der Waals surface area (Å²) in [4.78, 5) is 34.6. The quantitative estimate of drug-likeness (QED) is 0.754. The lowest BCUT2D eigenvalue weighted by atomic mass is 9.95. The van der Waals surface area contributed by atoms with Crippen LogP contribution in [-0.4, -0.2) is 27.6 Å². The number of carbonyl (C=O) groups is 1. The van der Waals surface area contributed by atoms with Crippen molar-refractivity contribution in [1.29, 1.82) is 0 Å². The normalized spacial score (nSPS) is 14.4. The minimum atomic E-state index is -0.716. The van der Waals surface area contributed by atoms with Crippen molar-refractivity contribution in [2.45, 2.75) is 38.6 Å². The predicted molar refractivity (Wildman–Crippen MR) is 107 cm³/mol. The molecular formula is C21H22N4O3. The Hall–Kier alpha value is -3.22. The number of nitrogens with zero attached hydrogens (tertiary/aromatic N) is 3. The maximum Gasteiger partial charge on any atom is 0.263 e. The Kier molecular flexibility index (Phi) is 4.81. The summed E-state index contributed by atoms with van der Waals surface area (Å²) in [7, 11) is 1.57. The molecule has 7 heteroatoms. The van der Waals surface area contributed by atoms with Gasteiger partial charge in [-0.1, -0.05) is 6.07 Å². The smallest absolute Gasteiger partial charge is 0.263 e. The van der Waals surface area contributed by atoms with E-state index in [1.165, 1.54) is 10.9 Å². The zero-order valence-corrected chi connectivity index (χ0v) is 15.9. The van der Waals surface area contributed by atoms with Crippen LogP contribution in [0.5, 0.6) is 5.75 Å². The molecule has 7 nitrogen and oxygen atoms in total. The lowest BCUT2D eigenvalue weighted by Gasteiger charge is -2.17. The first-order valence-electron chi connectivity index (χ1n) is 9.41. The lowest BCUT2D eigenvalue weighted by Crippen LogP contribution is -2.32. The van der Waals surface area contributed by atoms with Gasteiger partial charge in [0.2, 0.25) is 5.91 Å². The third kappa shape index (κ3) is 3.35. The minimum absolute atomic E-state index is 0.251. The van der Waals surface area contributed by atoms with Crippen LogP contribution in [0.2, 0.25) is 0 Å². The fourth-order valence-electron chi connectivity index (χ4n) is 3.54. The molecule has 3 aromatic rings. The summed E-state index contributed by atoms with van der Waals surface area (Å²) in [6, 6.07) is 8.26. The molecule has 1 N–H and O–H groups in total. The number of methoxy groups -OCH3 is 1. The molecule has 0 aliphatic heterocycles. The largest absolute Gasteiger partial charge is 0.497 e. The van der Waals surface area contributed by atoms with Gasteiger partial charge in [0.15, 0.2) is 5.65 Å². The van der Waals surface area contributed by atoms with Gasteiger partial charge in [0.05, 0.1) is 12.5 Å². The number of anilines is 1. The van der Waals surface area contributed by atoms with Gasteiger partial charge in [0, 0.05) is 17.4 Å². The number of hydrogen-bond donors (Lipinski definition) is 1. The first kappa shape index (κ1) is 18.2. The van der Waals surface area contributed by atoms with Gasteiger partial charge in [-0.3, -0.25) is 14.2 Å². The third-order valence-corrected chi connectivity index (χ3v) is 5.18. The van der Waals surface area contributed by atoms with E-state index in [0.29, 0.717) is 22.5 Å². The molecule has 1 aliphatic carbocycles. The SMILES string of the molecule is COc1cccc(NC(=O)[C@H](C)n2cnc3nc4c(cc3c2=O)CCCC4)c1. The Bertz CT molecular complexity index is 1110. The molecule has 0 saturated carbocycles. The molecule has 0 bridgehead atoms. The number of rotatable bonds is 4. The van der Waals surface area contributed by atoms with Gasteiger partial charge in [0.25, 0.3) is 5.56 Å². The van der Waals surface area contributed by atoms with Crippen molar-refractivity contribution in [2.24, 2.45) is 0 Å². The number of fused-ring (bicyclic) bond motifs is 2. The number of benzene rings is 1. The zero-order valence-electron chi connectivity index (χ0n) is 15.9. The first-order valence-corrected chi connectivity index (χ1v) is 9.41. The summed E-state index contributed by atoms with van der Waals surface area (Å²) < 4.78 is 6.53. The van der Waals surface area contributed by atoms with Crippen LogP contribution in [0, 0.1) is 0 Å². The van der Waals surface area contributed by atoms with Gasteiger partial charge in [0.1, 0.15) is 18.1 Å². The van der Waals surface area contributed by atoms with Crippen molar-refractivity contribution in [2.75, 3.05) is 12.4 Å². The van der Waals surface area contributed by atoms with Crippen LogP contribution in [0.3, 0.4) is 0 Å². The van der Waals surface area contributed by atoms with Crippen molar-refractivity contribution in [3.63, 3.8) is 0 Å². The third-order valence-electron chi connectivity index (χ3n) is 5.18. The Morgan fingerprint density at radius 3 is 2.89 bits per heavy atom. The van der Waals surface area contributed by atoms with E-state index in [1.54, 1.807) is 38.3 Å². The number of ether oxygens (including phenoxy) is 1. The monoisotopic (exact) mass is 378 g/mol. The Labute approximate surface area is 162 Å². The second kappa shape index (κ2) is 7.42. The van der Waals surface area contributed by atoms with Crippen LogP contribution in [0.4, 0.5) is 5.69 Å². The van der Waals surface area contributed by atoms with Crippen LogP contribution in [0.25, 0.3) is 11.0 Å². The van der Waals surface area contributed by atoms with E-state index < -0.39 is 6.04 Å². The molecule has 144 valence electrons. The van der Waals surface area contributed by atoms with E-state index >= 15 is 0 Å². The number of hydrogen-bond acceptors (Lipinski definition) is 5. The molecule has 1 aliphatic rings. The van der Waals surface area contributed by atoms with Crippen LogP contribution in [-0.2, 0) is 17.6 Å². The van der Waals surface area contributed by atoms with Crippen molar-refractivity contribution >= 4 is 22.6 Å². The van der Waals surface area contributed by atoms with E-state index in [0.717, 1.165) is 36.9 Å². The Morgan fingerprint density at radius 2 is 2.07 bits per heavy atom. The summed E-state index contributed by atoms with van der Waals surface area (Å²) in [6.07, 6.45) is 5.48. The van der Waals surface area contributed by atoms with Crippen molar-refractivity contribution in [3.8, 4) is 5.75 Å². The van der Waals surface area contributed by atoms with Crippen LogP contribution in [0.1, 0.15) is 37.1 Å². The highest BCUT2D eigenvalue weighted by atomic mass is 16.5. The number of amides is 1. The predicted octanol–water partition coefficient (Wildman–Crippen LogP) is 2.88. The summed E-state index contributed by atoms with van der Waals surface area (Å²) in [5, 5.41) is 3.28. The maximum atomic E-state index is 13.0. The van der Waals surface area contributed by atoms with Gasteiger partial charge < -0.3 is 10.1 Å². The molecule has 0 spiro atoms. The highest BCUT2D eigenvalue weighted by Crippen LogP contribution is 2.22. The van der Waals surface area contributed by atoms with E-state index in [2.05, 4.69) is 15.3 Å². The van der Waals surface area contributed by atoms with Crippen molar-refractivity contribution < 1.29 is 9.53 Å². The van der Waals surface area contributed by atoms with Crippen LogP contribution < -0.4 is 15.6 Å². The molecule has 2 aromatic heterocycles. The summed E-state index contributed by atoms with van der Waals surface area (Å²) >= 11 is 0. The van der Waals surface area contributed by atoms with Crippen LogP contribution >= 0.6 is 0 Å². The molecule has 0 fully saturated rings. The van der Waals surface area contributed by atoms with Crippen molar-refractivity contribution in [3.05, 3.63) is 58.3 Å². The average molecular weight is 378 g/mol. The van der Waals surface area contributed by atoms with E-state index in [1.807, 2.05) is 6.07 Å². The zero-order chi connectivity index (χ0) is 19.7. The summed E-state index contributed by atoms with van der Waals surface area (Å²) in [5.41, 5.74) is 2.95. The number of pyridine rings is 1. The molecule has 2 heterocycles. The molecule has 1 atom stereocenters. The topological polar surface area (TPSA) is 86.1 Å². The molecule has 1 amide bonds. The fraction of sp³-hybridized carbons (Fsp3) is 0.333. The molecule has 28 heavy (non-hydrogen) atoms. The van der Waals surface area contributed by atoms with Crippen molar-refractivity contribution in [1.82, 2.24) is 14.5 Å². The standard InChI is InChI=1S/C21H22N4O3/c1-13(20(26)23-15-7-5-8-16(11-15)28-2)25-12-22-19-17(21(25)27)10-14-6-3-4-9-18(14)24-19/h5,7-8,10-13H,3-4,6,9H2,1-2H3,(H,23,26)/t13-/m0/s1. The Morgan fingerprint density at radius 1 is 1.25 bits per heavy atom. The highest BCUT2D eigenvalue weighted by Gasteiger charge is 2.20. The molecule has 0 radical (unpaired) electrons. The van der Waals surface area contributed by atoms with Crippen LogP contribution in [0.15, 0.2) is 41.5 Å². The average Bonchev–Trinajstić information content (AvgIpc) is 2.72. The molecule has 1 aromatic carbocycles. The van der Waals surface area contributed by atoms with E-state index in [-0.39, 0.29) is 11.5 Å². The molecule has 0 saturated heterocycles. The second-order valence-electron chi connectivity index (χ2n) is 7.03. The molecular weight excluding hydrogens is 356 g/mol. The van der Waals surface area contributed by atoms with Gasteiger partial charge >= 0.3 is 0 Å². The second-order valence-corrected chi connectivity index (χ2v) is 7.03.